The second kappa shape index (κ2) is 5.13. The smallest absolute Gasteiger partial charge is 0.136 e. The quantitative estimate of drug-likeness (QED) is 0.806. The predicted molar refractivity (Wildman–Crippen MR) is 73.0 cm³/mol. The van der Waals surface area contributed by atoms with E-state index in [9.17, 15) is 4.79 Å². The van der Waals surface area contributed by atoms with Gasteiger partial charge in [-0.2, -0.15) is 0 Å². The predicted octanol–water partition coefficient (Wildman–Crippen LogP) is 3.87. The van der Waals surface area contributed by atoms with Crippen LogP contribution in [0.25, 0.3) is 0 Å². The van der Waals surface area contributed by atoms with Crippen LogP contribution in [0.15, 0.2) is 24.3 Å². The van der Waals surface area contributed by atoms with Crippen LogP contribution in [0.5, 0.6) is 5.75 Å². The molecule has 2 rings (SSSR count). The molecule has 2 heteroatoms. The Hall–Kier alpha value is -1.31. The highest BCUT2D eigenvalue weighted by Crippen LogP contribution is 2.29. The molecular weight excluding hydrogens is 224 g/mol. The first kappa shape index (κ1) is 13.1. The second-order valence-corrected chi connectivity index (χ2v) is 5.78. The molecule has 0 N–H and O–H groups in total. The molecule has 1 fully saturated rings. The zero-order chi connectivity index (χ0) is 13.2. The summed E-state index contributed by atoms with van der Waals surface area (Å²) in [5.74, 6) is 1.20. The molecule has 1 aromatic rings. The fraction of sp³-hybridized carbons (Fsp3) is 0.562. The van der Waals surface area contributed by atoms with Crippen molar-refractivity contribution in [1.82, 2.24) is 0 Å². The minimum Gasteiger partial charge on any atom is -0.490 e. The van der Waals surface area contributed by atoms with Crippen LogP contribution in [0.1, 0.15) is 52.0 Å². The van der Waals surface area contributed by atoms with Crippen LogP contribution in [0.4, 0.5) is 0 Å². The molecule has 1 unspecified atom stereocenters. The van der Waals surface area contributed by atoms with Crippen LogP contribution in [0.2, 0.25) is 0 Å². The van der Waals surface area contributed by atoms with Gasteiger partial charge in [0.1, 0.15) is 17.6 Å². The van der Waals surface area contributed by atoms with E-state index < -0.39 is 0 Å². The molecule has 0 amide bonds. The number of rotatable bonds is 4. The molecule has 98 valence electrons. The molecule has 0 spiro atoms. The van der Waals surface area contributed by atoms with Gasteiger partial charge in [-0.25, -0.2) is 0 Å². The molecule has 0 aliphatic heterocycles. The van der Waals surface area contributed by atoms with Crippen molar-refractivity contribution in [2.24, 2.45) is 0 Å². The average Bonchev–Trinajstić information content (AvgIpc) is 2.75. The summed E-state index contributed by atoms with van der Waals surface area (Å²) in [4.78, 5) is 11.2. The molecular formula is C16H22O2. The summed E-state index contributed by atoms with van der Waals surface area (Å²) < 4.78 is 5.83. The van der Waals surface area contributed by atoms with Gasteiger partial charge in [-0.3, -0.25) is 4.79 Å². The summed E-state index contributed by atoms with van der Waals surface area (Å²) >= 11 is 0. The van der Waals surface area contributed by atoms with E-state index in [1.807, 2.05) is 12.1 Å². The Labute approximate surface area is 109 Å². The summed E-state index contributed by atoms with van der Waals surface area (Å²) in [6.45, 7) is 6.70. The Balaban J connectivity index is 2.02. The van der Waals surface area contributed by atoms with Crippen LogP contribution in [-0.2, 0) is 10.2 Å². The van der Waals surface area contributed by atoms with Gasteiger partial charge in [0.2, 0.25) is 0 Å². The SMILES string of the molecule is CCC(C)(C)c1ccc(OC2CCC(=O)C2)cc1. The molecule has 18 heavy (non-hydrogen) atoms. The van der Waals surface area contributed by atoms with Crippen LogP contribution >= 0.6 is 0 Å². The van der Waals surface area contributed by atoms with E-state index in [1.165, 1.54) is 5.56 Å². The summed E-state index contributed by atoms with van der Waals surface area (Å²) in [6.07, 6.45) is 3.31. The average molecular weight is 246 g/mol. The van der Waals surface area contributed by atoms with Crippen molar-refractivity contribution in [3.63, 3.8) is 0 Å². The normalized spacial score (nSPS) is 20.2. The monoisotopic (exact) mass is 246 g/mol. The Bertz CT molecular complexity index is 417. The highest BCUT2D eigenvalue weighted by atomic mass is 16.5. The standard InChI is InChI=1S/C16H22O2/c1-4-16(2,3)12-5-8-14(9-6-12)18-15-10-7-13(17)11-15/h5-6,8-9,15H,4,7,10-11H2,1-3H3. The molecule has 0 aromatic heterocycles. The van der Waals surface area contributed by atoms with E-state index in [0.717, 1.165) is 18.6 Å². The van der Waals surface area contributed by atoms with Crippen LogP contribution in [0, 0.1) is 0 Å². The zero-order valence-electron chi connectivity index (χ0n) is 11.5. The lowest BCUT2D eigenvalue weighted by atomic mass is 9.82. The Morgan fingerprint density at radius 3 is 2.44 bits per heavy atom. The third kappa shape index (κ3) is 2.92. The maximum Gasteiger partial charge on any atom is 0.136 e. The van der Waals surface area contributed by atoms with Gasteiger partial charge in [0.15, 0.2) is 0 Å². The first-order valence-electron chi connectivity index (χ1n) is 6.80. The van der Waals surface area contributed by atoms with Crippen LogP contribution < -0.4 is 4.74 Å². The van der Waals surface area contributed by atoms with E-state index in [0.29, 0.717) is 18.6 Å². The highest BCUT2D eigenvalue weighted by Gasteiger charge is 2.24. The molecule has 0 saturated heterocycles. The minimum atomic E-state index is 0.0857. The molecule has 1 aliphatic rings. The van der Waals surface area contributed by atoms with Crippen molar-refractivity contribution in [3.8, 4) is 5.75 Å². The van der Waals surface area contributed by atoms with Gasteiger partial charge in [-0.05, 0) is 36.0 Å². The molecule has 1 aliphatic carbocycles. The van der Waals surface area contributed by atoms with Gasteiger partial charge < -0.3 is 4.74 Å². The molecule has 1 aromatic carbocycles. The lowest BCUT2D eigenvalue weighted by Gasteiger charge is -2.23. The molecule has 0 bridgehead atoms. The molecule has 0 heterocycles. The molecule has 2 nitrogen and oxygen atoms in total. The Morgan fingerprint density at radius 2 is 1.94 bits per heavy atom. The number of hydrogen-bond donors (Lipinski definition) is 0. The summed E-state index contributed by atoms with van der Waals surface area (Å²) in [6, 6.07) is 8.32. The van der Waals surface area contributed by atoms with Crippen molar-refractivity contribution in [2.45, 2.75) is 58.0 Å². The number of ketones is 1. The van der Waals surface area contributed by atoms with Crippen LogP contribution in [0.3, 0.4) is 0 Å². The highest BCUT2D eigenvalue weighted by molar-refractivity contribution is 5.81. The fourth-order valence-corrected chi connectivity index (χ4v) is 2.26. The zero-order valence-corrected chi connectivity index (χ0v) is 11.5. The second-order valence-electron chi connectivity index (χ2n) is 5.78. The Morgan fingerprint density at radius 1 is 1.28 bits per heavy atom. The summed E-state index contributed by atoms with van der Waals surface area (Å²) in [5, 5.41) is 0. The van der Waals surface area contributed by atoms with E-state index in [-0.39, 0.29) is 11.5 Å². The van der Waals surface area contributed by atoms with Crippen molar-refractivity contribution in [1.29, 1.82) is 0 Å². The minimum absolute atomic E-state index is 0.0857. The van der Waals surface area contributed by atoms with E-state index in [2.05, 4.69) is 32.9 Å². The first-order valence-corrected chi connectivity index (χ1v) is 6.80. The van der Waals surface area contributed by atoms with E-state index in [1.54, 1.807) is 0 Å². The van der Waals surface area contributed by atoms with Gasteiger partial charge in [-0.1, -0.05) is 32.9 Å². The topological polar surface area (TPSA) is 26.3 Å². The lowest BCUT2D eigenvalue weighted by Crippen LogP contribution is -2.16. The maximum atomic E-state index is 11.2. The largest absolute Gasteiger partial charge is 0.490 e. The van der Waals surface area contributed by atoms with Crippen molar-refractivity contribution >= 4 is 5.78 Å². The number of benzene rings is 1. The maximum absolute atomic E-state index is 11.2. The van der Waals surface area contributed by atoms with E-state index in [4.69, 9.17) is 4.74 Å². The third-order valence-corrected chi connectivity index (χ3v) is 4.02. The molecule has 1 atom stereocenters. The van der Waals surface area contributed by atoms with Gasteiger partial charge in [0.25, 0.3) is 0 Å². The number of carbonyl (C=O) groups is 1. The first-order chi connectivity index (χ1) is 8.51. The van der Waals surface area contributed by atoms with Gasteiger partial charge in [0.05, 0.1) is 0 Å². The fourth-order valence-electron chi connectivity index (χ4n) is 2.26. The van der Waals surface area contributed by atoms with Crippen molar-refractivity contribution in [3.05, 3.63) is 29.8 Å². The van der Waals surface area contributed by atoms with Gasteiger partial charge >= 0.3 is 0 Å². The molecule has 1 saturated carbocycles. The number of Topliss-reactive ketones (excluding diaryl/α,β-unsaturated/α-hetero) is 1. The molecule has 0 radical (unpaired) electrons. The summed E-state index contributed by atoms with van der Waals surface area (Å²) in [7, 11) is 0. The lowest BCUT2D eigenvalue weighted by molar-refractivity contribution is -0.117. The third-order valence-electron chi connectivity index (χ3n) is 4.02. The van der Waals surface area contributed by atoms with Gasteiger partial charge in [-0.15, -0.1) is 0 Å². The van der Waals surface area contributed by atoms with Crippen LogP contribution in [-0.4, -0.2) is 11.9 Å². The Kier molecular flexibility index (Phi) is 3.74. The van der Waals surface area contributed by atoms with Crippen molar-refractivity contribution < 1.29 is 9.53 Å². The van der Waals surface area contributed by atoms with E-state index >= 15 is 0 Å². The van der Waals surface area contributed by atoms with Gasteiger partial charge in [0, 0.05) is 12.8 Å². The number of ether oxygens (including phenoxy) is 1. The number of hydrogen-bond acceptors (Lipinski definition) is 2. The van der Waals surface area contributed by atoms with Crippen molar-refractivity contribution in [2.75, 3.05) is 0 Å². The number of carbonyl (C=O) groups excluding carboxylic acids is 1. The summed E-state index contributed by atoms with van der Waals surface area (Å²) in [5.41, 5.74) is 1.54.